The smallest absolute Gasteiger partial charge is 0.0703 e. The van der Waals surface area contributed by atoms with Gasteiger partial charge in [0.05, 0.1) is 16.1 Å². The third kappa shape index (κ3) is 5.70. The van der Waals surface area contributed by atoms with E-state index < -0.39 is 0 Å². The SMILES string of the molecule is CCCNC(Cc1ccc(Cl)c(Cl)c1)C(C)OCC. The Labute approximate surface area is 126 Å². The van der Waals surface area contributed by atoms with E-state index in [0.29, 0.717) is 10.0 Å². The van der Waals surface area contributed by atoms with Crippen molar-refractivity contribution in [1.29, 1.82) is 0 Å². The Hall–Kier alpha value is -0.280. The molecule has 108 valence electrons. The summed E-state index contributed by atoms with van der Waals surface area (Å²) in [6.45, 7) is 8.01. The van der Waals surface area contributed by atoms with Gasteiger partial charge in [-0.25, -0.2) is 0 Å². The van der Waals surface area contributed by atoms with Crippen molar-refractivity contribution in [3.8, 4) is 0 Å². The molecule has 0 amide bonds. The van der Waals surface area contributed by atoms with Crippen LogP contribution >= 0.6 is 23.2 Å². The summed E-state index contributed by atoms with van der Waals surface area (Å²) in [5.41, 5.74) is 1.18. The average Bonchev–Trinajstić information content (AvgIpc) is 2.39. The first-order valence-electron chi connectivity index (χ1n) is 6.87. The molecule has 19 heavy (non-hydrogen) atoms. The van der Waals surface area contributed by atoms with E-state index in [1.54, 1.807) is 0 Å². The molecule has 4 heteroatoms. The van der Waals surface area contributed by atoms with Gasteiger partial charge in [-0.15, -0.1) is 0 Å². The van der Waals surface area contributed by atoms with Gasteiger partial charge in [0, 0.05) is 12.6 Å². The standard InChI is InChI=1S/C15H23Cl2NO/c1-4-8-18-15(11(3)19-5-2)10-12-6-7-13(16)14(17)9-12/h6-7,9,11,15,18H,4-5,8,10H2,1-3H3. The quantitative estimate of drug-likeness (QED) is 0.772. The van der Waals surface area contributed by atoms with Gasteiger partial charge in [0.1, 0.15) is 0 Å². The van der Waals surface area contributed by atoms with E-state index in [4.69, 9.17) is 27.9 Å². The second kappa shape index (κ2) is 8.80. The van der Waals surface area contributed by atoms with Crippen LogP contribution in [0.2, 0.25) is 10.0 Å². The van der Waals surface area contributed by atoms with Crippen molar-refractivity contribution in [3.05, 3.63) is 33.8 Å². The molecule has 0 fully saturated rings. The highest BCUT2D eigenvalue weighted by atomic mass is 35.5. The molecule has 0 saturated heterocycles. The van der Waals surface area contributed by atoms with E-state index in [-0.39, 0.29) is 12.1 Å². The number of halogens is 2. The van der Waals surface area contributed by atoms with Gasteiger partial charge >= 0.3 is 0 Å². The van der Waals surface area contributed by atoms with Crippen molar-refractivity contribution in [2.24, 2.45) is 0 Å². The van der Waals surface area contributed by atoms with Gasteiger partial charge in [0.2, 0.25) is 0 Å². The van der Waals surface area contributed by atoms with Crippen LogP contribution in [-0.2, 0) is 11.2 Å². The lowest BCUT2D eigenvalue weighted by atomic mass is 10.0. The molecule has 0 radical (unpaired) electrons. The highest BCUT2D eigenvalue weighted by Crippen LogP contribution is 2.23. The Morgan fingerprint density at radius 2 is 1.95 bits per heavy atom. The monoisotopic (exact) mass is 303 g/mol. The van der Waals surface area contributed by atoms with Gasteiger partial charge in [-0.05, 0) is 50.9 Å². The molecule has 0 saturated carbocycles. The fourth-order valence-electron chi connectivity index (χ4n) is 2.03. The molecule has 1 rings (SSSR count). The Kier molecular flexibility index (Phi) is 7.77. The van der Waals surface area contributed by atoms with Crippen LogP contribution in [0.25, 0.3) is 0 Å². The molecule has 1 aromatic rings. The Bertz CT molecular complexity index is 384. The van der Waals surface area contributed by atoms with Crippen LogP contribution in [0.4, 0.5) is 0 Å². The first-order chi connectivity index (χ1) is 9.08. The van der Waals surface area contributed by atoms with Crippen LogP contribution in [-0.4, -0.2) is 25.3 Å². The molecular formula is C15H23Cl2NO. The lowest BCUT2D eigenvalue weighted by Gasteiger charge is -2.25. The zero-order chi connectivity index (χ0) is 14.3. The van der Waals surface area contributed by atoms with Crippen molar-refractivity contribution >= 4 is 23.2 Å². The van der Waals surface area contributed by atoms with E-state index >= 15 is 0 Å². The average molecular weight is 304 g/mol. The third-order valence-corrected chi connectivity index (χ3v) is 3.83. The molecule has 2 atom stereocenters. The van der Waals surface area contributed by atoms with Crippen LogP contribution < -0.4 is 5.32 Å². The number of rotatable bonds is 8. The second-order valence-electron chi connectivity index (χ2n) is 4.67. The summed E-state index contributed by atoms with van der Waals surface area (Å²) >= 11 is 12.0. The summed E-state index contributed by atoms with van der Waals surface area (Å²) in [6, 6.07) is 6.09. The highest BCUT2D eigenvalue weighted by molar-refractivity contribution is 6.42. The second-order valence-corrected chi connectivity index (χ2v) is 5.49. The predicted octanol–water partition coefficient (Wildman–Crippen LogP) is 4.33. The topological polar surface area (TPSA) is 21.3 Å². The molecule has 0 aromatic heterocycles. The number of hydrogen-bond acceptors (Lipinski definition) is 2. The zero-order valence-electron chi connectivity index (χ0n) is 11.9. The summed E-state index contributed by atoms with van der Waals surface area (Å²) in [5.74, 6) is 0. The molecule has 0 aliphatic carbocycles. The molecule has 1 N–H and O–H groups in total. The van der Waals surface area contributed by atoms with Gasteiger partial charge in [-0.1, -0.05) is 36.2 Å². The first-order valence-corrected chi connectivity index (χ1v) is 7.63. The normalized spacial score (nSPS) is 14.4. The van der Waals surface area contributed by atoms with Crippen molar-refractivity contribution in [2.75, 3.05) is 13.2 Å². The molecule has 2 nitrogen and oxygen atoms in total. The molecule has 0 aliphatic heterocycles. The third-order valence-electron chi connectivity index (χ3n) is 3.09. The minimum absolute atomic E-state index is 0.172. The van der Waals surface area contributed by atoms with Crippen LogP contribution in [0.15, 0.2) is 18.2 Å². The van der Waals surface area contributed by atoms with Gasteiger partial charge in [-0.2, -0.15) is 0 Å². The Morgan fingerprint density at radius 3 is 2.53 bits per heavy atom. The number of benzene rings is 1. The van der Waals surface area contributed by atoms with E-state index in [9.17, 15) is 0 Å². The summed E-state index contributed by atoms with van der Waals surface area (Å²) in [5, 5.41) is 4.74. The van der Waals surface area contributed by atoms with Gasteiger partial charge in [-0.3, -0.25) is 0 Å². The minimum atomic E-state index is 0.172. The fourth-order valence-corrected chi connectivity index (χ4v) is 2.35. The van der Waals surface area contributed by atoms with E-state index in [2.05, 4.69) is 19.2 Å². The summed E-state index contributed by atoms with van der Waals surface area (Å²) in [4.78, 5) is 0. The van der Waals surface area contributed by atoms with Crippen molar-refractivity contribution in [1.82, 2.24) is 5.32 Å². The maximum atomic E-state index is 6.06. The number of nitrogens with one attached hydrogen (secondary N) is 1. The van der Waals surface area contributed by atoms with Crippen LogP contribution in [0, 0.1) is 0 Å². The molecule has 1 aromatic carbocycles. The van der Waals surface area contributed by atoms with Crippen LogP contribution in [0.3, 0.4) is 0 Å². The van der Waals surface area contributed by atoms with Crippen molar-refractivity contribution in [3.63, 3.8) is 0 Å². The predicted molar refractivity (Wildman–Crippen MR) is 83.3 cm³/mol. The molecule has 0 heterocycles. The lowest BCUT2D eigenvalue weighted by Crippen LogP contribution is -2.42. The van der Waals surface area contributed by atoms with Crippen LogP contribution in [0.1, 0.15) is 32.8 Å². The number of ether oxygens (including phenoxy) is 1. The van der Waals surface area contributed by atoms with E-state index in [0.717, 1.165) is 26.0 Å². The van der Waals surface area contributed by atoms with Gasteiger partial charge < -0.3 is 10.1 Å². The largest absolute Gasteiger partial charge is 0.377 e. The minimum Gasteiger partial charge on any atom is -0.377 e. The Balaban J connectivity index is 2.71. The molecule has 2 unspecified atom stereocenters. The number of hydrogen-bond donors (Lipinski definition) is 1. The maximum Gasteiger partial charge on any atom is 0.0703 e. The van der Waals surface area contributed by atoms with Gasteiger partial charge in [0.25, 0.3) is 0 Å². The summed E-state index contributed by atoms with van der Waals surface area (Å²) in [6.07, 6.45) is 2.17. The van der Waals surface area contributed by atoms with E-state index in [1.807, 2.05) is 25.1 Å². The zero-order valence-corrected chi connectivity index (χ0v) is 13.4. The fraction of sp³-hybridized carbons (Fsp3) is 0.600. The van der Waals surface area contributed by atoms with Crippen molar-refractivity contribution < 1.29 is 4.74 Å². The lowest BCUT2D eigenvalue weighted by molar-refractivity contribution is 0.0476. The van der Waals surface area contributed by atoms with Crippen LogP contribution in [0.5, 0.6) is 0 Å². The molecule has 0 bridgehead atoms. The van der Waals surface area contributed by atoms with E-state index in [1.165, 1.54) is 5.56 Å². The summed E-state index contributed by atoms with van der Waals surface area (Å²) < 4.78 is 5.71. The molecule has 0 spiro atoms. The highest BCUT2D eigenvalue weighted by Gasteiger charge is 2.17. The summed E-state index contributed by atoms with van der Waals surface area (Å²) in [7, 11) is 0. The van der Waals surface area contributed by atoms with Gasteiger partial charge in [0.15, 0.2) is 0 Å². The molecule has 0 aliphatic rings. The first kappa shape index (κ1) is 16.8. The molecular weight excluding hydrogens is 281 g/mol. The Morgan fingerprint density at radius 1 is 1.21 bits per heavy atom. The van der Waals surface area contributed by atoms with Crippen molar-refractivity contribution in [2.45, 2.75) is 45.8 Å². The maximum absolute atomic E-state index is 6.06.